The minimum atomic E-state index is 0. The maximum atomic E-state index is 5.29. The minimum absolute atomic E-state index is 0. The first-order valence-corrected chi connectivity index (χ1v) is 18.4. The molecule has 0 saturated carbocycles. The molecule has 6 heterocycles. The third-order valence-electron chi connectivity index (χ3n) is 9.59. The van der Waals surface area contributed by atoms with Crippen LogP contribution >= 0.6 is 0 Å². The third kappa shape index (κ3) is 8.59. The molecular formula is C50H40BFIrN5. The summed E-state index contributed by atoms with van der Waals surface area (Å²) in [7, 11) is 0. The van der Waals surface area contributed by atoms with Crippen LogP contribution in [0, 0.1) is 0 Å². The fourth-order valence-electron chi connectivity index (χ4n) is 7.22. The van der Waals surface area contributed by atoms with Crippen molar-refractivity contribution in [2.24, 2.45) is 0 Å². The van der Waals surface area contributed by atoms with E-state index < -0.39 is 0 Å². The molecule has 7 aromatic rings. The molecule has 2 radical (unpaired) electrons. The van der Waals surface area contributed by atoms with Crippen LogP contribution in [0.2, 0.25) is 0 Å². The summed E-state index contributed by atoms with van der Waals surface area (Å²) in [4.78, 5) is 13.9. The second-order valence-corrected chi connectivity index (χ2v) is 13.2. The van der Waals surface area contributed by atoms with Crippen LogP contribution in [0.3, 0.4) is 0 Å². The molecule has 2 N–H and O–H groups in total. The molecule has 0 unspecified atom stereocenters. The zero-order valence-electron chi connectivity index (χ0n) is 30.8. The molecule has 8 heteroatoms. The van der Waals surface area contributed by atoms with Crippen LogP contribution < -0.4 is 5.32 Å². The first kappa shape index (κ1) is 40.8. The summed E-state index contributed by atoms with van der Waals surface area (Å²) in [5, 5.41) is 2.92. The monoisotopic (exact) mass is 933 g/mol. The second kappa shape index (κ2) is 18.9. The SMILES string of the molecule is B.C1=CC=CNC=C1.C1=Cc2cc3c(-c4ccccc4)c(-c4ccccc4)c(c(-c4ccccc4)c4nc(cc5ccc(cc1n2)[nH]5)C=C4)n3-c1ccccc1.[F].[Ir]. The molecule has 0 fully saturated rings. The topological polar surface area (TPSA) is 58.5 Å². The van der Waals surface area contributed by atoms with E-state index in [9.17, 15) is 0 Å². The van der Waals surface area contributed by atoms with Gasteiger partial charge in [-0.1, -0.05) is 121 Å². The van der Waals surface area contributed by atoms with Gasteiger partial charge in [0.1, 0.15) is 0 Å². The Morgan fingerprint density at radius 3 is 1.48 bits per heavy atom. The Labute approximate surface area is 352 Å². The van der Waals surface area contributed by atoms with Gasteiger partial charge in [-0.25, -0.2) is 9.97 Å². The number of allylic oxidation sites excluding steroid dienone is 4. The van der Waals surface area contributed by atoms with E-state index in [1.165, 1.54) is 0 Å². The average molecular weight is 933 g/mol. The van der Waals surface area contributed by atoms with Crippen LogP contribution in [-0.4, -0.2) is 27.9 Å². The minimum Gasteiger partial charge on any atom is -0.368 e. The van der Waals surface area contributed by atoms with Crippen molar-refractivity contribution in [3.8, 4) is 39.1 Å². The van der Waals surface area contributed by atoms with Gasteiger partial charge in [-0.3, -0.25) is 0 Å². The molecule has 58 heavy (non-hydrogen) atoms. The first-order chi connectivity index (χ1) is 27.3. The Hall–Kier alpha value is -6.86. The molecular weight excluding hydrogens is 893 g/mol. The number of halogens is 1. The maximum absolute atomic E-state index is 5.29. The number of fused-ring (bicyclic) bond motifs is 8. The van der Waals surface area contributed by atoms with E-state index in [-0.39, 0.29) is 33.2 Å². The second-order valence-electron chi connectivity index (χ2n) is 13.2. The number of rotatable bonds is 4. The van der Waals surface area contributed by atoms with E-state index in [0.29, 0.717) is 0 Å². The zero-order valence-corrected chi connectivity index (χ0v) is 33.2. The van der Waals surface area contributed by atoms with Gasteiger partial charge in [0.05, 0.1) is 42.2 Å². The van der Waals surface area contributed by atoms with E-state index in [0.717, 1.165) is 83.9 Å². The van der Waals surface area contributed by atoms with Gasteiger partial charge in [-0.15, -0.1) is 0 Å². The maximum Gasteiger partial charge on any atom is 0.0814 e. The molecule has 8 bridgehead atoms. The van der Waals surface area contributed by atoms with Crippen molar-refractivity contribution < 1.29 is 24.8 Å². The Morgan fingerprint density at radius 2 is 0.914 bits per heavy atom. The predicted octanol–water partition coefficient (Wildman–Crippen LogP) is 11.5. The molecule has 3 aliphatic heterocycles. The van der Waals surface area contributed by atoms with Crippen molar-refractivity contribution in [1.82, 2.24) is 24.8 Å². The summed E-state index contributed by atoms with van der Waals surface area (Å²) in [5.41, 5.74) is 15.4. The number of H-pyrrole nitrogens is 1. The van der Waals surface area contributed by atoms with Crippen molar-refractivity contribution >= 4 is 54.8 Å². The Balaban J connectivity index is 0.000000516. The Bertz CT molecular complexity index is 2810. The van der Waals surface area contributed by atoms with Crippen LogP contribution in [0.15, 0.2) is 188 Å². The van der Waals surface area contributed by atoms with Gasteiger partial charge >= 0.3 is 0 Å². The molecule has 284 valence electrons. The van der Waals surface area contributed by atoms with Gasteiger partial charge in [0.25, 0.3) is 0 Å². The van der Waals surface area contributed by atoms with E-state index in [4.69, 9.17) is 9.97 Å². The van der Waals surface area contributed by atoms with Crippen LogP contribution in [0.4, 0.5) is 4.70 Å². The van der Waals surface area contributed by atoms with E-state index in [1.807, 2.05) is 36.7 Å². The number of nitrogens with zero attached hydrogens (tertiary/aromatic N) is 3. The summed E-state index contributed by atoms with van der Waals surface area (Å²) in [6, 6.07) is 53.3. The Kier molecular flexibility index (Phi) is 13.3. The molecule has 0 aliphatic carbocycles. The number of hydrogen-bond acceptors (Lipinski definition) is 3. The average Bonchev–Trinajstić information content (AvgIpc) is 4.01. The number of para-hydroxylation sites is 1. The molecule has 0 saturated heterocycles. The predicted molar refractivity (Wildman–Crippen MR) is 242 cm³/mol. The molecule has 3 aliphatic rings. The summed E-state index contributed by atoms with van der Waals surface area (Å²) < 4.78 is 2.41. The van der Waals surface area contributed by atoms with Crippen molar-refractivity contribution in [1.29, 1.82) is 0 Å². The van der Waals surface area contributed by atoms with Crippen LogP contribution in [0.1, 0.15) is 22.8 Å². The smallest absolute Gasteiger partial charge is 0.0814 e. The number of aromatic nitrogens is 4. The molecule has 3 aromatic heterocycles. The summed E-state index contributed by atoms with van der Waals surface area (Å²) in [5.74, 6) is 0. The number of nitrogens with one attached hydrogen (secondary N) is 2. The molecule has 4 aromatic carbocycles. The molecule has 10 rings (SSSR count). The van der Waals surface area contributed by atoms with E-state index in [1.54, 1.807) is 0 Å². The van der Waals surface area contributed by atoms with Crippen LogP contribution in [0.5, 0.6) is 0 Å². The van der Waals surface area contributed by atoms with Crippen molar-refractivity contribution in [3.63, 3.8) is 0 Å². The first-order valence-electron chi connectivity index (χ1n) is 18.4. The third-order valence-corrected chi connectivity index (χ3v) is 9.59. The van der Waals surface area contributed by atoms with Crippen LogP contribution in [-0.2, 0) is 20.1 Å². The van der Waals surface area contributed by atoms with Gasteiger partial charge in [0.15, 0.2) is 0 Å². The van der Waals surface area contributed by atoms with Crippen molar-refractivity contribution in [3.05, 3.63) is 211 Å². The fraction of sp³-hybridized carbons (Fsp3) is 0. The number of benzene rings is 4. The van der Waals surface area contributed by atoms with Gasteiger partial charge in [-0.2, -0.15) is 0 Å². The van der Waals surface area contributed by atoms with Gasteiger partial charge < -0.3 is 14.9 Å². The molecule has 0 atom stereocenters. The van der Waals surface area contributed by atoms with E-state index in [2.05, 4.69) is 191 Å². The van der Waals surface area contributed by atoms with Crippen LogP contribution in [0.25, 0.3) is 85.4 Å². The summed E-state index contributed by atoms with van der Waals surface area (Å²) in [6.45, 7) is 0. The quantitative estimate of drug-likeness (QED) is 0.173. The summed E-state index contributed by atoms with van der Waals surface area (Å²) >= 11 is 0. The van der Waals surface area contributed by atoms with E-state index >= 15 is 0 Å². The van der Waals surface area contributed by atoms with Crippen molar-refractivity contribution in [2.75, 3.05) is 0 Å². The largest absolute Gasteiger partial charge is 0.368 e. The normalized spacial score (nSPS) is 11.9. The number of aromatic amines is 1. The van der Waals surface area contributed by atoms with Gasteiger partial charge in [0, 0.05) is 70.6 Å². The van der Waals surface area contributed by atoms with Crippen molar-refractivity contribution in [2.45, 2.75) is 0 Å². The zero-order chi connectivity index (χ0) is 36.8. The summed E-state index contributed by atoms with van der Waals surface area (Å²) in [6.07, 6.45) is 20.0. The fourth-order valence-corrected chi connectivity index (χ4v) is 7.22. The van der Waals surface area contributed by atoms with Gasteiger partial charge in [-0.05, 0) is 95.6 Å². The molecule has 0 spiro atoms. The standard InChI is InChI=1S/C44H30N4.C6H7N.BH3.F.Ir/c1-5-13-30(14-6-1)41-39-26-25-36(47-39)28-35-22-21-33(45-35)27-34-23-24-37(46-34)29-40-42(31-15-7-2-8-16-31)43(32-17-9-3-10-18-32)44(41)48(40)38-19-11-4-12-20-38;1-2-4-6-7-5-3-1;;;/h1-29,45H;1-7H;1H3;;. The van der Waals surface area contributed by atoms with Gasteiger partial charge in [0.2, 0.25) is 0 Å². The number of hydrogen-bond donors (Lipinski definition) is 2. The Morgan fingerprint density at radius 1 is 0.448 bits per heavy atom. The molecule has 5 nitrogen and oxygen atoms in total. The molecule has 0 amide bonds.